The van der Waals surface area contributed by atoms with Crippen LogP contribution >= 0.6 is 0 Å². The predicted octanol–water partition coefficient (Wildman–Crippen LogP) is 4.08. The van der Waals surface area contributed by atoms with Crippen molar-refractivity contribution in [2.75, 3.05) is 18.0 Å². The third-order valence-corrected chi connectivity index (χ3v) is 6.18. The minimum absolute atomic E-state index is 0.133. The van der Waals surface area contributed by atoms with E-state index in [0.29, 0.717) is 12.1 Å². The normalized spacial score (nSPS) is 23.1. The molecule has 1 saturated heterocycles. The van der Waals surface area contributed by atoms with Gasteiger partial charge in [0.05, 0.1) is 5.92 Å². The van der Waals surface area contributed by atoms with Crippen molar-refractivity contribution in [2.45, 2.75) is 44.7 Å². The van der Waals surface area contributed by atoms with Crippen LogP contribution in [0.15, 0.2) is 48.5 Å². The average Bonchev–Trinajstić information content (AvgIpc) is 2.65. The zero-order chi connectivity index (χ0) is 18.8. The fourth-order valence-corrected chi connectivity index (χ4v) is 4.47. The van der Waals surface area contributed by atoms with E-state index in [-0.39, 0.29) is 5.92 Å². The number of carboxylic acids is 1. The number of carbonyl (C=O) groups is 1. The predicted molar refractivity (Wildman–Crippen MR) is 109 cm³/mol. The fourth-order valence-electron chi connectivity index (χ4n) is 4.47. The van der Waals surface area contributed by atoms with Crippen LogP contribution in [-0.2, 0) is 4.79 Å². The van der Waals surface area contributed by atoms with Crippen molar-refractivity contribution in [3.05, 3.63) is 54.1 Å². The third-order valence-electron chi connectivity index (χ3n) is 6.18. The first-order chi connectivity index (χ1) is 13.1. The monoisotopic (exact) mass is 364 g/mol. The molecule has 2 aromatic rings. The number of hydrogen-bond donors (Lipinski definition) is 2. The second-order valence-electron chi connectivity index (χ2n) is 7.95. The van der Waals surface area contributed by atoms with Crippen LogP contribution in [0.2, 0.25) is 0 Å². The molecule has 4 rings (SSSR count). The molecule has 4 nitrogen and oxygen atoms in total. The van der Waals surface area contributed by atoms with Gasteiger partial charge in [0, 0.05) is 30.9 Å². The van der Waals surface area contributed by atoms with Crippen molar-refractivity contribution in [3.63, 3.8) is 0 Å². The van der Waals surface area contributed by atoms with Crippen LogP contribution in [0.3, 0.4) is 0 Å². The molecule has 2 fully saturated rings. The van der Waals surface area contributed by atoms with Crippen LogP contribution in [0.5, 0.6) is 0 Å². The molecule has 2 aliphatic rings. The summed E-state index contributed by atoms with van der Waals surface area (Å²) in [6.07, 6.45) is 3.80. The largest absolute Gasteiger partial charge is 0.481 e. The van der Waals surface area contributed by atoms with Crippen LogP contribution in [0.1, 0.15) is 31.2 Å². The van der Waals surface area contributed by atoms with Gasteiger partial charge < -0.3 is 15.3 Å². The van der Waals surface area contributed by atoms with Crippen LogP contribution in [-0.4, -0.2) is 36.2 Å². The van der Waals surface area contributed by atoms with Crippen molar-refractivity contribution in [1.29, 1.82) is 0 Å². The van der Waals surface area contributed by atoms with Gasteiger partial charge in [-0.1, -0.05) is 42.5 Å². The van der Waals surface area contributed by atoms with E-state index in [1.165, 1.54) is 22.4 Å². The van der Waals surface area contributed by atoms with Gasteiger partial charge in [-0.25, -0.2) is 0 Å². The number of anilines is 1. The summed E-state index contributed by atoms with van der Waals surface area (Å²) in [4.78, 5) is 13.4. The Morgan fingerprint density at radius 2 is 1.70 bits per heavy atom. The van der Waals surface area contributed by atoms with Crippen molar-refractivity contribution >= 4 is 11.7 Å². The van der Waals surface area contributed by atoms with E-state index in [4.69, 9.17) is 5.11 Å². The Labute approximate surface area is 161 Å². The van der Waals surface area contributed by atoms with Crippen molar-refractivity contribution < 1.29 is 9.90 Å². The molecule has 0 unspecified atom stereocenters. The summed E-state index contributed by atoms with van der Waals surface area (Å²) in [6, 6.07) is 18.1. The Kier molecular flexibility index (Phi) is 5.17. The zero-order valence-corrected chi connectivity index (χ0v) is 15.9. The minimum atomic E-state index is -0.642. The van der Waals surface area contributed by atoms with Crippen molar-refractivity contribution in [3.8, 4) is 11.1 Å². The molecule has 0 bridgehead atoms. The van der Waals surface area contributed by atoms with E-state index >= 15 is 0 Å². The van der Waals surface area contributed by atoms with E-state index in [0.717, 1.165) is 38.8 Å². The lowest BCUT2D eigenvalue weighted by Gasteiger charge is -2.40. The number of carboxylic acid groups (broad SMARTS) is 1. The van der Waals surface area contributed by atoms with Gasteiger partial charge in [0.1, 0.15) is 0 Å². The van der Waals surface area contributed by atoms with Gasteiger partial charge in [-0.2, -0.15) is 0 Å². The summed E-state index contributed by atoms with van der Waals surface area (Å²) in [7, 11) is 0. The van der Waals surface area contributed by atoms with Gasteiger partial charge in [0.25, 0.3) is 0 Å². The number of hydrogen-bond acceptors (Lipinski definition) is 3. The second-order valence-corrected chi connectivity index (χ2v) is 7.95. The van der Waals surface area contributed by atoms with Crippen LogP contribution in [0.4, 0.5) is 5.69 Å². The van der Waals surface area contributed by atoms with Crippen LogP contribution < -0.4 is 10.2 Å². The molecule has 2 N–H and O–H groups in total. The molecule has 0 spiro atoms. The molecule has 0 atom stereocenters. The lowest BCUT2D eigenvalue weighted by molar-refractivity contribution is -0.145. The Morgan fingerprint density at radius 1 is 1.00 bits per heavy atom. The first kappa shape index (κ1) is 18.1. The highest BCUT2D eigenvalue weighted by molar-refractivity contribution is 5.74. The van der Waals surface area contributed by atoms with E-state index in [1.54, 1.807) is 0 Å². The number of nitrogens with zero attached hydrogens (tertiary/aromatic N) is 1. The molecule has 1 heterocycles. The number of rotatable bonds is 5. The average molecular weight is 364 g/mol. The number of nitrogens with one attached hydrogen (secondary N) is 1. The van der Waals surface area contributed by atoms with Crippen molar-refractivity contribution in [2.24, 2.45) is 5.92 Å². The highest BCUT2D eigenvalue weighted by Gasteiger charge is 2.35. The lowest BCUT2D eigenvalue weighted by atomic mass is 9.79. The Balaban J connectivity index is 1.37. The topological polar surface area (TPSA) is 52.6 Å². The maximum atomic E-state index is 10.9. The maximum absolute atomic E-state index is 10.9. The molecule has 2 aromatic carbocycles. The summed E-state index contributed by atoms with van der Waals surface area (Å²) in [5.74, 6) is -0.775. The van der Waals surface area contributed by atoms with E-state index in [2.05, 4.69) is 65.7 Å². The van der Waals surface area contributed by atoms with Gasteiger partial charge in [-0.05, 0) is 55.4 Å². The molecule has 0 aromatic heterocycles. The molecule has 1 saturated carbocycles. The van der Waals surface area contributed by atoms with E-state index < -0.39 is 5.97 Å². The highest BCUT2D eigenvalue weighted by atomic mass is 16.4. The second kappa shape index (κ2) is 7.73. The molecule has 0 radical (unpaired) electrons. The summed E-state index contributed by atoms with van der Waals surface area (Å²) in [5, 5.41) is 12.7. The lowest BCUT2D eigenvalue weighted by Crippen LogP contribution is -2.51. The zero-order valence-electron chi connectivity index (χ0n) is 15.9. The molecule has 0 amide bonds. The van der Waals surface area contributed by atoms with Gasteiger partial charge in [0.15, 0.2) is 0 Å². The molecule has 142 valence electrons. The Bertz CT molecular complexity index is 791. The smallest absolute Gasteiger partial charge is 0.306 e. The van der Waals surface area contributed by atoms with Crippen LogP contribution in [0, 0.1) is 12.8 Å². The fraction of sp³-hybridized carbons (Fsp3) is 0.435. The quantitative estimate of drug-likeness (QED) is 0.839. The molecular formula is C23H28N2O2. The molecule has 27 heavy (non-hydrogen) atoms. The Morgan fingerprint density at radius 3 is 2.37 bits per heavy atom. The number of benzene rings is 2. The SMILES string of the molecule is Cc1c(-c2ccccc2)cccc1N1CCC(NC2CC(C(=O)O)C2)CC1. The minimum Gasteiger partial charge on any atom is -0.481 e. The molecule has 4 heteroatoms. The van der Waals surface area contributed by atoms with E-state index in [9.17, 15) is 4.79 Å². The number of piperidine rings is 1. The standard InChI is InChI=1S/C23H28N2O2/c1-16-21(17-6-3-2-4-7-17)8-5-9-22(16)25-12-10-19(11-13-25)24-20-14-18(15-20)23(26)27/h2-9,18-20,24H,10-15H2,1H3,(H,26,27). The van der Waals surface area contributed by atoms with Crippen LogP contribution in [0.25, 0.3) is 11.1 Å². The summed E-state index contributed by atoms with van der Waals surface area (Å²) in [6.45, 7) is 4.32. The third kappa shape index (κ3) is 3.86. The molecule has 1 aliphatic heterocycles. The van der Waals surface area contributed by atoms with Gasteiger partial charge in [-0.3, -0.25) is 4.79 Å². The molecular weight excluding hydrogens is 336 g/mol. The first-order valence-corrected chi connectivity index (χ1v) is 10.0. The highest BCUT2D eigenvalue weighted by Crippen LogP contribution is 2.33. The van der Waals surface area contributed by atoms with Gasteiger partial charge >= 0.3 is 5.97 Å². The van der Waals surface area contributed by atoms with Gasteiger partial charge in [0.2, 0.25) is 0 Å². The number of aliphatic carboxylic acids is 1. The van der Waals surface area contributed by atoms with E-state index in [1.807, 2.05) is 0 Å². The summed E-state index contributed by atoms with van der Waals surface area (Å²) in [5.41, 5.74) is 5.26. The Hall–Kier alpha value is -2.33. The summed E-state index contributed by atoms with van der Waals surface area (Å²) >= 11 is 0. The summed E-state index contributed by atoms with van der Waals surface area (Å²) < 4.78 is 0. The molecule has 1 aliphatic carbocycles. The van der Waals surface area contributed by atoms with Gasteiger partial charge in [-0.15, -0.1) is 0 Å². The maximum Gasteiger partial charge on any atom is 0.306 e. The first-order valence-electron chi connectivity index (χ1n) is 10.0. The van der Waals surface area contributed by atoms with Crippen molar-refractivity contribution in [1.82, 2.24) is 5.32 Å².